The highest BCUT2D eigenvalue weighted by atomic mass is 16.6. The maximum absolute atomic E-state index is 12.2. The number of fused-ring (bicyclic) bond motifs is 1. The van der Waals surface area contributed by atoms with Crippen LogP contribution in [-0.2, 0) is 14.3 Å². The lowest BCUT2D eigenvalue weighted by molar-refractivity contribution is -0.170. The lowest BCUT2D eigenvalue weighted by atomic mass is 9.59. The zero-order chi connectivity index (χ0) is 21.0. The second-order valence-corrected chi connectivity index (χ2v) is 11.1. The van der Waals surface area contributed by atoms with Crippen molar-refractivity contribution in [1.29, 1.82) is 0 Å². The first-order chi connectivity index (χ1) is 13.9. The lowest BCUT2D eigenvalue weighted by Gasteiger charge is -2.48. The Balaban J connectivity index is 1.70. The highest BCUT2D eigenvalue weighted by Crippen LogP contribution is 2.57. The molecule has 1 aliphatic heterocycles. The molecule has 2 saturated carbocycles. The molecule has 3 heteroatoms. The summed E-state index contributed by atoms with van der Waals surface area (Å²) >= 11 is 0. The third-order valence-corrected chi connectivity index (χ3v) is 8.79. The van der Waals surface area contributed by atoms with E-state index in [2.05, 4.69) is 27.7 Å². The van der Waals surface area contributed by atoms with E-state index >= 15 is 0 Å². The van der Waals surface area contributed by atoms with E-state index in [-0.39, 0.29) is 11.6 Å². The number of hydrogen-bond acceptors (Lipinski definition) is 3. The third kappa shape index (κ3) is 5.25. The Hall–Kier alpha value is -0.860. The van der Waals surface area contributed by atoms with Gasteiger partial charge in [0.15, 0.2) is 0 Å². The molecule has 0 N–H and O–H groups in total. The maximum atomic E-state index is 12.2. The second kappa shape index (κ2) is 9.96. The Bertz CT molecular complexity index is 556. The number of cyclic esters (lactones) is 1. The first kappa shape index (κ1) is 22.8. The molecule has 0 radical (unpaired) electrons. The Morgan fingerprint density at radius 2 is 1.83 bits per heavy atom. The summed E-state index contributed by atoms with van der Waals surface area (Å²) in [6.07, 6.45) is 14.3. The normalized spacial score (nSPS) is 38.9. The van der Waals surface area contributed by atoms with Gasteiger partial charge >= 0.3 is 5.97 Å². The van der Waals surface area contributed by atoms with E-state index in [1.54, 1.807) is 0 Å². The topological polar surface area (TPSA) is 43.4 Å². The molecule has 0 bridgehead atoms. The Morgan fingerprint density at radius 3 is 2.55 bits per heavy atom. The van der Waals surface area contributed by atoms with Gasteiger partial charge in [-0.3, -0.25) is 4.79 Å². The van der Waals surface area contributed by atoms with Gasteiger partial charge in [0.25, 0.3) is 0 Å². The Morgan fingerprint density at radius 1 is 1.07 bits per heavy atom. The van der Waals surface area contributed by atoms with Crippen molar-refractivity contribution in [2.75, 3.05) is 0 Å². The minimum Gasteiger partial charge on any atom is -0.459 e. The summed E-state index contributed by atoms with van der Waals surface area (Å²) in [5, 5.41) is 0. The van der Waals surface area contributed by atoms with Crippen LogP contribution < -0.4 is 0 Å². The van der Waals surface area contributed by atoms with E-state index in [9.17, 15) is 9.59 Å². The fourth-order valence-corrected chi connectivity index (χ4v) is 7.32. The van der Waals surface area contributed by atoms with Gasteiger partial charge in [-0.25, -0.2) is 0 Å². The summed E-state index contributed by atoms with van der Waals surface area (Å²) in [5.74, 6) is 4.57. The minimum absolute atomic E-state index is 0.0277. The standard InChI is InChI=1S/C26H44O3/c1-18(2)8-7-9-19(3)20-11-12-22-21(20)13-14-24(23(22)15-17-27)26(4)16-6-5-10-25(28)29-26/h17-24H,5-16H2,1-4H3/t19-,20-,21?,22?,23+,24?,26-/m1/s1. The first-order valence-corrected chi connectivity index (χ1v) is 12.5. The molecule has 3 fully saturated rings. The molecule has 166 valence electrons. The smallest absolute Gasteiger partial charge is 0.306 e. The fraction of sp³-hybridized carbons (Fsp3) is 0.923. The zero-order valence-electron chi connectivity index (χ0n) is 19.3. The number of hydrogen-bond donors (Lipinski definition) is 0. The van der Waals surface area contributed by atoms with Crippen LogP contribution in [0.5, 0.6) is 0 Å². The van der Waals surface area contributed by atoms with Crippen LogP contribution in [0.25, 0.3) is 0 Å². The van der Waals surface area contributed by atoms with Crippen LogP contribution in [0.15, 0.2) is 0 Å². The van der Waals surface area contributed by atoms with Crippen molar-refractivity contribution < 1.29 is 14.3 Å². The molecule has 3 unspecified atom stereocenters. The first-order valence-electron chi connectivity index (χ1n) is 12.5. The summed E-state index contributed by atoms with van der Waals surface area (Å²) in [6.45, 7) is 9.29. The van der Waals surface area contributed by atoms with Crippen molar-refractivity contribution in [2.24, 2.45) is 41.4 Å². The monoisotopic (exact) mass is 404 g/mol. The summed E-state index contributed by atoms with van der Waals surface area (Å²) in [6, 6.07) is 0. The van der Waals surface area contributed by atoms with Crippen molar-refractivity contribution >= 4 is 12.3 Å². The van der Waals surface area contributed by atoms with Gasteiger partial charge in [-0.05, 0) is 87.4 Å². The molecular weight excluding hydrogens is 360 g/mol. The second-order valence-electron chi connectivity index (χ2n) is 11.1. The van der Waals surface area contributed by atoms with Gasteiger partial charge < -0.3 is 9.53 Å². The molecule has 7 atom stereocenters. The highest BCUT2D eigenvalue weighted by Gasteiger charge is 2.52. The molecule has 1 heterocycles. The number of esters is 1. The molecule has 0 spiro atoms. The van der Waals surface area contributed by atoms with Gasteiger partial charge in [0.1, 0.15) is 11.9 Å². The third-order valence-electron chi connectivity index (χ3n) is 8.79. The molecule has 3 rings (SSSR count). The number of carbonyl (C=O) groups is 2. The Labute approximate surface area is 178 Å². The summed E-state index contributed by atoms with van der Waals surface area (Å²) < 4.78 is 6.06. The van der Waals surface area contributed by atoms with Gasteiger partial charge in [-0.1, -0.05) is 40.0 Å². The van der Waals surface area contributed by atoms with Crippen molar-refractivity contribution in [2.45, 2.75) is 110 Å². The van der Waals surface area contributed by atoms with Gasteiger partial charge in [-0.15, -0.1) is 0 Å². The predicted octanol–water partition coefficient (Wildman–Crippen LogP) is 6.58. The molecule has 3 nitrogen and oxygen atoms in total. The number of rotatable bonds is 8. The van der Waals surface area contributed by atoms with Crippen LogP contribution in [0, 0.1) is 41.4 Å². The molecule has 0 aromatic carbocycles. The van der Waals surface area contributed by atoms with Crippen LogP contribution in [-0.4, -0.2) is 17.9 Å². The van der Waals surface area contributed by atoms with E-state index in [0.717, 1.165) is 55.6 Å². The molecule has 3 aliphatic rings. The Kier molecular flexibility index (Phi) is 7.84. The largest absolute Gasteiger partial charge is 0.459 e. The predicted molar refractivity (Wildman–Crippen MR) is 117 cm³/mol. The number of aldehydes is 1. The van der Waals surface area contributed by atoms with Crippen LogP contribution in [0.1, 0.15) is 105 Å². The molecular formula is C26H44O3. The molecule has 2 aliphatic carbocycles. The lowest BCUT2D eigenvalue weighted by Crippen LogP contribution is -2.48. The van der Waals surface area contributed by atoms with E-state index in [1.165, 1.54) is 38.5 Å². The van der Waals surface area contributed by atoms with Gasteiger partial charge in [0.2, 0.25) is 0 Å². The highest BCUT2D eigenvalue weighted by molar-refractivity contribution is 5.70. The number of ether oxygens (including phenoxy) is 1. The summed E-state index contributed by atoms with van der Waals surface area (Å²) in [5.41, 5.74) is -0.368. The average Bonchev–Trinajstić information content (AvgIpc) is 3.01. The quantitative estimate of drug-likeness (QED) is 0.339. The molecule has 0 aromatic rings. The molecule has 0 aromatic heterocycles. The van der Waals surface area contributed by atoms with Crippen molar-refractivity contribution in [3.8, 4) is 0 Å². The van der Waals surface area contributed by atoms with Crippen LogP contribution in [0.4, 0.5) is 0 Å². The van der Waals surface area contributed by atoms with E-state index in [1.807, 2.05) is 0 Å². The van der Waals surface area contributed by atoms with Crippen molar-refractivity contribution in [3.05, 3.63) is 0 Å². The molecule has 29 heavy (non-hydrogen) atoms. The summed E-state index contributed by atoms with van der Waals surface area (Å²) in [7, 11) is 0. The average molecular weight is 405 g/mol. The van der Waals surface area contributed by atoms with Gasteiger partial charge in [0, 0.05) is 18.8 Å². The molecule has 0 amide bonds. The minimum atomic E-state index is -0.368. The van der Waals surface area contributed by atoms with Gasteiger partial charge in [-0.2, -0.15) is 0 Å². The van der Waals surface area contributed by atoms with Gasteiger partial charge in [0.05, 0.1) is 0 Å². The molecule has 1 saturated heterocycles. The summed E-state index contributed by atoms with van der Waals surface area (Å²) in [4.78, 5) is 23.9. The van der Waals surface area contributed by atoms with Crippen LogP contribution >= 0.6 is 0 Å². The maximum Gasteiger partial charge on any atom is 0.306 e. The van der Waals surface area contributed by atoms with E-state index in [4.69, 9.17) is 4.74 Å². The fourth-order valence-electron chi connectivity index (χ4n) is 7.32. The van der Waals surface area contributed by atoms with E-state index in [0.29, 0.717) is 30.6 Å². The van der Waals surface area contributed by atoms with Crippen molar-refractivity contribution in [3.63, 3.8) is 0 Å². The number of carbonyl (C=O) groups excluding carboxylic acids is 2. The zero-order valence-corrected chi connectivity index (χ0v) is 19.3. The van der Waals surface area contributed by atoms with Crippen LogP contribution in [0.2, 0.25) is 0 Å². The van der Waals surface area contributed by atoms with Crippen molar-refractivity contribution in [1.82, 2.24) is 0 Å². The SMILES string of the molecule is CC(C)CCC[C@@H](C)[C@H]1CCC2C1CCC([C@@]1(C)CCCCC(=O)O1)[C@H]2CC=O. The van der Waals surface area contributed by atoms with E-state index < -0.39 is 0 Å². The van der Waals surface area contributed by atoms with Crippen LogP contribution in [0.3, 0.4) is 0 Å².